The minimum Gasteiger partial charge on any atom is -0.494 e. The maximum absolute atomic E-state index is 13.0. The van der Waals surface area contributed by atoms with E-state index in [1.807, 2.05) is 13.8 Å². The van der Waals surface area contributed by atoms with E-state index >= 15 is 0 Å². The maximum atomic E-state index is 13.0. The number of carbonyl (C=O) groups is 2. The molecule has 8 heteroatoms. The number of amides is 3. The average molecular weight is 448 g/mol. The minimum atomic E-state index is -2.20. The Kier molecular flexibility index (Phi) is 5.90. The molecule has 0 bridgehead atoms. The zero-order valence-corrected chi connectivity index (χ0v) is 17.2. The fourth-order valence-corrected chi connectivity index (χ4v) is 3.46. The number of nitrogens with one attached hydrogen (secondary N) is 2. The number of urea groups is 1. The van der Waals surface area contributed by atoms with Gasteiger partial charge in [0, 0.05) is 22.3 Å². The molecule has 1 aliphatic heterocycles. The number of carbonyl (C=O) groups excluding carboxylic acids is 2. The second-order valence-corrected chi connectivity index (χ2v) is 7.23. The predicted octanol–water partition coefficient (Wildman–Crippen LogP) is 3.57. The van der Waals surface area contributed by atoms with Crippen molar-refractivity contribution < 1.29 is 19.4 Å². The number of halogens is 1. The Morgan fingerprint density at radius 2 is 1.96 bits per heavy atom. The van der Waals surface area contributed by atoms with Gasteiger partial charge in [-0.3, -0.25) is 9.69 Å². The van der Waals surface area contributed by atoms with Gasteiger partial charge in [-0.2, -0.15) is 0 Å². The van der Waals surface area contributed by atoms with Crippen molar-refractivity contribution in [2.45, 2.75) is 26.0 Å². The Hall–Kier alpha value is -2.58. The van der Waals surface area contributed by atoms with Crippen LogP contribution in [0, 0.1) is 0 Å². The van der Waals surface area contributed by atoms with Crippen molar-refractivity contribution in [1.82, 2.24) is 5.32 Å². The highest BCUT2D eigenvalue weighted by atomic mass is 79.9. The monoisotopic (exact) mass is 447 g/mol. The van der Waals surface area contributed by atoms with Crippen molar-refractivity contribution in [2.24, 2.45) is 0 Å². The molecule has 1 aliphatic rings. The molecule has 0 aromatic heterocycles. The molecule has 3 N–H and O–H groups in total. The first-order valence-corrected chi connectivity index (χ1v) is 9.85. The molecule has 1 heterocycles. The Bertz CT molecular complexity index is 888. The van der Waals surface area contributed by atoms with Gasteiger partial charge in [0.2, 0.25) is 0 Å². The molecular weight excluding hydrogens is 426 g/mol. The second-order valence-electron chi connectivity index (χ2n) is 6.31. The highest BCUT2D eigenvalue weighted by molar-refractivity contribution is 9.10. The molecule has 1 unspecified atom stereocenters. The molecule has 28 heavy (non-hydrogen) atoms. The maximum Gasteiger partial charge on any atom is 0.329 e. The lowest BCUT2D eigenvalue weighted by Crippen LogP contribution is -2.62. The minimum absolute atomic E-state index is 0.281. The summed E-state index contributed by atoms with van der Waals surface area (Å²) in [5, 5.41) is 17.0. The van der Waals surface area contributed by atoms with Crippen LogP contribution in [0.3, 0.4) is 0 Å². The van der Waals surface area contributed by atoms with Gasteiger partial charge >= 0.3 is 6.03 Å². The smallest absolute Gasteiger partial charge is 0.329 e. The number of ether oxygens (including phenoxy) is 1. The average Bonchev–Trinajstić information content (AvgIpc) is 2.68. The number of nitrogens with zero attached hydrogens (tertiary/aromatic N) is 1. The first kappa shape index (κ1) is 20.2. The largest absolute Gasteiger partial charge is 0.494 e. The van der Waals surface area contributed by atoms with Gasteiger partial charge in [0.1, 0.15) is 5.75 Å². The number of fused-ring (bicyclic) bond motifs is 1. The van der Waals surface area contributed by atoms with Crippen molar-refractivity contribution >= 4 is 39.2 Å². The number of hydrogen-bond donors (Lipinski definition) is 3. The lowest BCUT2D eigenvalue weighted by molar-refractivity contribution is -0.140. The summed E-state index contributed by atoms with van der Waals surface area (Å²) >= 11 is 3.37. The van der Waals surface area contributed by atoms with Gasteiger partial charge in [-0.1, -0.05) is 22.9 Å². The predicted molar refractivity (Wildman–Crippen MR) is 110 cm³/mol. The number of rotatable bonds is 6. The van der Waals surface area contributed by atoms with E-state index in [0.29, 0.717) is 41.2 Å². The van der Waals surface area contributed by atoms with E-state index in [9.17, 15) is 14.7 Å². The summed E-state index contributed by atoms with van der Waals surface area (Å²) in [5.74, 6) is -0.0387. The molecule has 0 fully saturated rings. The summed E-state index contributed by atoms with van der Waals surface area (Å²) in [5.41, 5.74) is -1.18. The zero-order chi connectivity index (χ0) is 20.3. The number of benzene rings is 2. The van der Waals surface area contributed by atoms with E-state index < -0.39 is 17.7 Å². The van der Waals surface area contributed by atoms with E-state index in [4.69, 9.17) is 4.74 Å². The first-order valence-electron chi connectivity index (χ1n) is 9.06. The molecule has 0 spiro atoms. The van der Waals surface area contributed by atoms with Crippen LogP contribution >= 0.6 is 15.9 Å². The van der Waals surface area contributed by atoms with Gasteiger partial charge in [-0.15, -0.1) is 0 Å². The van der Waals surface area contributed by atoms with Crippen LogP contribution in [0.25, 0.3) is 0 Å². The zero-order valence-electron chi connectivity index (χ0n) is 15.7. The third-order valence-electron chi connectivity index (χ3n) is 4.38. The molecule has 0 saturated carbocycles. The molecule has 1 atom stereocenters. The second kappa shape index (κ2) is 8.20. The van der Waals surface area contributed by atoms with Crippen LogP contribution in [0.5, 0.6) is 5.75 Å². The molecule has 0 aliphatic carbocycles. The first-order chi connectivity index (χ1) is 13.4. The summed E-state index contributed by atoms with van der Waals surface area (Å²) in [7, 11) is 0. The molecule has 3 rings (SSSR count). The van der Waals surface area contributed by atoms with Crippen LogP contribution < -0.4 is 20.3 Å². The lowest BCUT2D eigenvalue weighted by atomic mass is 9.94. The van der Waals surface area contributed by atoms with Gasteiger partial charge < -0.3 is 20.5 Å². The number of anilines is 2. The normalized spacial score (nSPS) is 18.3. The van der Waals surface area contributed by atoms with Gasteiger partial charge in [0.05, 0.1) is 12.3 Å². The molecule has 3 amide bonds. The van der Waals surface area contributed by atoms with E-state index in [-0.39, 0.29) is 5.56 Å². The van der Waals surface area contributed by atoms with Crippen molar-refractivity contribution in [1.29, 1.82) is 0 Å². The molecule has 2 aromatic carbocycles. The lowest BCUT2D eigenvalue weighted by Gasteiger charge is -2.42. The van der Waals surface area contributed by atoms with Crippen molar-refractivity contribution in [3.8, 4) is 5.75 Å². The van der Waals surface area contributed by atoms with E-state index in [0.717, 1.165) is 4.90 Å². The van der Waals surface area contributed by atoms with Crippen LogP contribution in [-0.2, 0) is 10.5 Å². The van der Waals surface area contributed by atoms with Crippen LogP contribution in [-0.4, -0.2) is 30.2 Å². The quantitative estimate of drug-likeness (QED) is 0.630. The Morgan fingerprint density at radius 1 is 1.25 bits per heavy atom. The third kappa shape index (κ3) is 3.57. The van der Waals surface area contributed by atoms with Crippen molar-refractivity contribution in [3.63, 3.8) is 0 Å². The third-order valence-corrected chi connectivity index (χ3v) is 4.88. The number of hydrogen-bond acceptors (Lipinski definition) is 4. The molecule has 148 valence electrons. The fraction of sp³-hybridized carbons (Fsp3) is 0.300. The Morgan fingerprint density at radius 3 is 2.61 bits per heavy atom. The topological polar surface area (TPSA) is 90.9 Å². The summed E-state index contributed by atoms with van der Waals surface area (Å²) in [6.07, 6.45) is 0.697. The fourth-order valence-electron chi connectivity index (χ4n) is 3.10. The highest BCUT2D eigenvalue weighted by Gasteiger charge is 2.52. The highest BCUT2D eigenvalue weighted by Crippen LogP contribution is 2.41. The molecular formula is C20H22BrN3O4. The van der Waals surface area contributed by atoms with Gasteiger partial charge in [0.15, 0.2) is 0 Å². The van der Waals surface area contributed by atoms with Crippen molar-refractivity contribution in [2.75, 3.05) is 23.4 Å². The van der Waals surface area contributed by atoms with Gasteiger partial charge in [-0.25, -0.2) is 4.79 Å². The van der Waals surface area contributed by atoms with Gasteiger partial charge in [-0.05, 0) is 55.8 Å². The summed E-state index contributed by atoms with van der Waals surface area (Å²) in [6, 6.07) is 11.0. The van der Waals surface area contributed by atoms with Gasteiger partial charge in [0.25, 0.3) is 11.6 Å². The SMILES string of the molecule is CCCNC(=O)C1(O)c2cc(Br)ccc2NC(=O)N1c1ccc(OCC)cc1. The molecule has 2 aromatic rings. The van der Waals surface area contributed by atoms with Crippen molar-refractivity contribution in [3.05, 3.63) is 52.5 Å². The van der Waals surface area contributed by atoms with E-state index in [1.54, 1.807) is 42.5 Å². The number of aliphatic hydroxyl groups is 1. The molecule has 0 radical (unpaired) electrons. The van der Waals surface area contributed by atoms with Crippen LogP contribution in [0.15, 0.2) is 46.9 Å². The van der Waals surface area contributed by atoms with E-state index in [2.05, 4.69) is 26.6 Å². The van der Waals surface area contributed by atoms with Crippen LogP contribution in [0.2, 0.25) is 0 Å². The Labute approximate surface area is 171 Å². The standard InChI is InChI=1S/C20H22BrN3O4/c1-3-11-22-18(25)20(27)16-12-13(21)5-10-17(16)23-19(26)24(20)14-6-8-15(9-7-14)28-4-2/h5-10,12,27H,3-4,11H2,1-2H3,(H,22,25)(H,23,26). The summed E-state index contributed by atoms with van der Waals surface area (Å²) < 4.78 is 6.11. The van der Waals surface area contributed by atoms with E-state index in [1.165, 1.54) is 0 Å². The van der Waals surface area contributed by atoms with Crippen LogP contribution in [0.4, 0.5) is 16.2 Å². The Balaban J connectivity index is 2.12. The summed E-state index contributed by atoms with van der Waals surface area (Å²) in [4.78, 5) is 27.0. The molecule has 0 saturated heterocycles. The molecule has 7 nitrogen and oxygen atoms in total. The summed E-state index contributed by atoms with van der Waals surface area (Å²) in [6.45, 7) is 4.67. The van der Waals surface area contributed by atoms with Crippen LogP contribution in [0.1, 0.15) is 25.8 Å².